The number of fused-ring (bicyclic) bond motifs is 1. The molecule has 0 amide bonds. The van der Waals surface area contributed by atoms with Crippen LogP contribution in [0.15, 0.2) is 59.8 Å². The predicted octanol–water partition coefficient (Wildman–Crippen LogP) is 3.24. The maximum absolute atomic E-state index is 5.80. The first kappa shape index (κ1) is 11.8. The second-order valence-corrected chi connectivity index (χ2v) is 4.34. The summed E-state index contributed by atoms with van der Waals surface area (Å²) in [7, 11) is 0. The molecule has 0 radical (unpaired) electrons. The summed E-state index contributed by atoms with van der Waals surface area (Å²) in [4.78, 5) is 5.39. The zero-order chi connectivity index (χ0) is 12.9. The molecule has 0 saturated carbocycles. The number of benzene rings is 2. The Hall–Kier alpha value is -2.29. The van der Waals surface area contributed by atoms with Gasteiger partial charge in [-0.1, -0.05) is 47.6 Å². The van der Waals surface area contributed by atoms with Crippen molar-refractivity contribution < 1.29 is 9.57 Å². The molecule has 3 nitrogen and oxygen atoms in total. The van der Waals surface area contributed by atoms with Gasteiger partial charge in [0.15, 0.2) is 0 Å². The number of rotatable bonds is 1. The van der Waals surface area contributed by atoms with Crippen LogP contribution in [0.2, 0.25) is 0 Å². The molecule has 0 fully saturated rings. The van der Waals surface area contributed by atoms with Gasteiger partial charge in [-0.3, -0.25) is 0 Å². The largest absolute Gasteiger partial charge is 0.493 e. The summed E-state index contributed by atoms with van der Waals surface area (Å²) < 4.78 is 5.80. The van der Waals surface area contributed by atoms with Gasteiger partial charge in [0.25, 0.3) is 0 Å². The molecule has 19 heavy (non-hydrogen) atoms. The minimum atomic E-state index is 0.574. The summed E-state index contributed by atoms with van der Waals surface area (Å²) in [5.41, 5.74) is 2.81. The molecule has 2 aromatic rings. The van der Waals surface area contributed by atoms with E-state index in [1.165, 1.54) is 0 Å². The van der Waals surface area contributed by atoms with Crippen molar-refractivity contribution in [2.24, 2.45) is 5.16 Å². The number of nitrogens with zero attached hydrogens (tertiary/aromatic N) is 1. The van der Waals surface area contributed by atoms with Crippen molar-refractivity contribution in [1.82, 2.24) is 0 Å². The van der Waals surface area contributed by atoms with Crippen LogP contribution < -0.4 is 4.74 Å². The van der Waals surface area contributed by atoms with Gasteiger partial charge in [0.1, 0.15) is 18.1 Å². The fourth-order valence-corrected chi connectivity index (χ4v) is 2.06. The number of hydrogen-bond acceptors (Lipinski definition) is 3. The summed E-state index contributed by atoms with van der Waals surface area (Å²) >= 11 is 0. The molecule has 0 unspecified atom stereocenters. The molecular formula is C16H15NO2. The SMILES string of the molecule is c1ccc(/C2=N\OCCCOc3ccccc32)cc1. The molecular weight excluding hydrogens is 238 g/mol. The smallest absolute Gasteiger partial charge is 0.128 e. The average molecular weight is 253 g/mol. The number of hydrogen-bond donors (Lipinski definition) is 0. The molecule has 1 aliphatic rings. The van der Waals surface area contributed by atoms with Crippen LogP contribution >= 0.6 is 0 Å². The highest BCUT2D eigenvalue weighted by atomic mass is 16.6. The lowest BCUT2D eigenvalue weighted by Gasteiger charge is -2.11. The van der Waals surface area contributed by atoms with Crippen molar-refractivity contribution in [1.29, 1.82) is 0 Å². The molecule has 0 aromatic heterocycles. The normalized spacial score (nSPS) is 17.6. The summed E-state index contributed by atoms with van der Waals surface area (Å²) in [5, 5.41) is 4.29. The molecule has 96 valence electrons. The second-order valence-electron chi connectivity index (χ2n) is 4.34. The summed E-state index contributed by atoms with van der Waals surface area (Å²) in [5.74, 6) is 0.857. The highest BCUT2D eigenvalue weighted by Gasteiger charge is 2.14. The quantitative estimate of drug-likeness (QED) is 0.781. The highest BCUT2D eigenvalue weighted by Crippen LogP contribution is 2.23. The lowest BCUT2D eigenvalue weighted by molar-refractivity contribution is 0.130. The van der Waals surface area contributed by atoms with Gasteiger partial charge in [-0.05, 0) is 12.1 Å². The van der Waals surface area contributed by atoms with Gasteiger partial charge in [0, 0.05) is 17.5 Å². The van der Waals surface area contributed by atoms with Gasteiger partial charge in [0.05, 0.1) is 6.61 Å². The van der Waals surface area contributed by atoms with Gasteiger partial charge in [-0.25, -0.2) is 0 Å². The summed E-state index contributed by atoms with van der Waals surface area (Å²) in [6.45, 7) is 1.22. The van der Waals surface area contributed by atoms with Crippen molar-refractivity contribution in [2.45, 2.75) is 6.42 Å². The van der Waals surface area contributed by atoms with E-state index in [1.807, 2.05) is 54.6 Å². The molecule has 0 N–H and O–H groups in total. The highest BCUT2D eigenvalue weighted by molar-refractivity contribution is 6.14. The number of oxime groups is 1. The molecule has 3 rings (SSSR count). The molecule has 3 heteroatoms. The second kappa shape index (κ2) is 5.57. The molecule has 0 spiro atoms. The predicted molar refractivity (Wildman–Crippen MR) is 74.6 cm³/mol. The third kappa shape index (κ3) is 2.60. The Labute approximate surface area is 112 Å². The molecule has 0 atom stereocenters. The van der Waals surface area contributed by atoms with Crippen molar-refractivity contribution in [3.05, 3.63) is 65.7 Å². The fourth-order valence-electron chi connectivity index (χ4n) is 2.06. The summed E-state index contributed by atoms with van der Waals surface area (Å²) in [6, 6.07) is 18.0. The van der Waals surface area contributed by atoms with Gasteiger partial charge in [-0.2, -0.15) is 0 Å². The lowest BCUT2D eigenvalue weighted by Crippen LogP contribution is -2.06. The molecule has 0 aliphatic carbocycles. The van der Waals surface area contributed by atoms with E-state index in [2.05, 4.69) is 5.16 Å². The van der Waals surface area contributed by atoms with Crippen molar-refractivity contribution >= 4 is 5.71 Å². The van der Waals surface area contributed by atoms with E-state index in [-0.39, 0.29) is 0 Å². The van der Waals surface area contributed by atoms with E-state index in [1.54, 1.807) is 0 Å². The van der Waals surface area contributed by atoms with E-state index in [4.69, 9.17) is 9.57 Å². The molecule has 1 heterocycles. The average Bonchev–Trinajstić information content (AvgIpc) is 2.58. The number of para-hydroxylation sites is 1. The Morgan fingerprint density at radius 2 is 1.63 bits per heavy atom. The Morgan fingerprint density at radius 1 is 0.842 bits per heavy atom. The fraction of sp³-hybridized carbons (Fsp3) is 0.188. The zero-order valence-corrected chi connectivity index (χ0v) is 10.6. The zero-order valence-electron chi connectivity index (χ0n) is 10.6. The first-order valence-corrected chi connectivity index (χ1v) is 6.43. The molecule has 2 aromatic carbocycles. The monoisotopic (exact) mass is 253 g/mol. The topological polar surface area (TPSA) is 30.8 Å². The minimum Gasteiger partial charge on any atom is -0.493 e. The van der Waals surface area contributed by atoms with Crippen molar-refractivity contribution in [3.63, 3.8) is 0 Å². The Morgan fingerprint density at radius 3 is 2.53 bits per heavy atom. The van der Waals surface area contributed by atoms with Crippen molar-refractivity contribution in [3.8, 4) is 5.75 Å². The van der Waals surface area contributed by atoms with Gasteiger partial charge >= 0.3 is 0 Å². The third-order valence-corrected chi connectivity index (χ3v) is 2.98. The van der Waals surface area contributed by atoms with Crippen LogP contribution in [0.1, 0.15) is 17.5 Å². The maximum Gasteiger partial charge on any atom is 0.128 e. The molecule has 0 saturated heterocycles. The van der Waals surface area contributed by atoms with Crippen LogP contribution in [0.4, 0.5) is 0 Å². The Bertz CT molecular complexity index is 578. The van der Waals surface area contributed by atoms with Gasteiger partial charge < -0.3 is 9.57 Å². The van der Waals surface area contributed by atoms with Gasteiger partial charge in [0.2, 0.25) is 0 Å². The third-order valence-electron chi connectivity index (χ3n) is 2.98. The number of ether oxygens (including phenoxy) is 1. The standard InChI is InChI=1S/C16H15NO2/c1-2-7-13(8-3-1)16-14-9-4-5-10-15(14)18-11-6-12-19-17-16/h1-5,7-10H,6,11-12H2/b17-16+. The van der Waals surface area contributed by atoms with E-state index in [9.17, 15) is 0 Å². The van der Waals surface area contributed by atoms with Crippen LogP contribution in [0.5, 0.6) is 5.75 Å². The Kier molecular flexibility index (Phi) is 3.45. The van der Waals surface area contributed by atoms with Gasteiger partial charge in [-0.15, -0.1) is 0 Å². The molecule has 0 bridgehead atoms. The van der Waals surface area contributed by atoms with Crippen LogP contribution in [0.25, 0.3) is 0 Å². The van der Waals surface area contributed by atoms with E-state index in [0.29, 0.717) is 13.2 Å². The van der Waals surface area contributed by atoms with Crippen LogP contribution in [0.3, 0.4) is 0 Å². The van der Waals surface area contributed by atoms with E-state index in [0.717, 1.165) is 29.0 Å². The van der Waals surface area contributed by atoms with E-state index < -0.39 is 0 Å². The van der Waals surface area contributed by atoms with Crippen LogP contribution in [-0.2, 0) is 4.84 Å². The first-order chi connectivity index (χ1) is 9.45. The first-order valence-electron chi connectivity index (χ1n) is 6.43. The van der Waals surface area contributed by atoms with Crippen molar-refractivity contribution in [2.75, 3.05) is 13.2 Å². The Balaban J connectivity index is 2.10. The maximum atomic E-state index is 5.80. The minimum absolute atomic E-state index is 0.574. The summed E-state index contributed by atoms with van der Waals surface area (Å²) in [6.07, 6.45) is 0.833. The van der Waals surface area contributed by atoms with Crippen LogP contribution in [-0.4, -0.2) is 18.9 Å². The lowest BCUT2D eigenvalue weighted by atomic mass is 10.0. The van der Waals surface area contributed by atoms with E-state index >= 15 is 0 Å². The van der Waals surface area contributed by atoms with Crippen LogP contribution in [0, 0.1) is 0 Å². The molecule has 1 aliphatic heterocycles.